The van der Waals surface area contributed by atoms with E-state index in [1.807, 2.05) is 7.05 Å². The Labute approximate surface area is 97.5 Å². The zero-order valence-electron chi connectivity index (χ0n) is 10.3. The average molecular weight is 220 g/mol. The smallest absolute Gasteiger partial charge is 0.236 e. The molecule has 1 aromatic carbocycles. The first-order valence-corrected chi connectivity index (χ1v) is 5.57. The molecule has 0 radical (unpaired) electrons. The standard InChI is InChI=1S/C13H20N2O/c1-11-4-6-12(7-5-11)8-9-15(3)13(16)10-14-2/h4-7,14H,8-10H2,1-3H3. The molecule has 0 heterocycles. The number of nitrogens with one attached hydrogen (secondary N) is 1. The number of carbonyl (C=O) groups is 1. The molecule has 1 rings (SSSR count). The first-order chi connectivity index (χ1) is 7.63. The molecule has 0 fully saturated rings. The fraction of sp³-hybridized carbons (Fsp3) is 0.462. The van der Waals surface area contributed by atoms with Crippen LogP contribution < -0.4 is 5.32 Å². The number of rotatable bonds is 5. The zero-order chi connectivity index (χ0) is 12.0. The zero-order valence-corrected chi connectivity index (χ0v) is 10.3. The van der Waals surface area contributed by atoms with Crippen molar-refractivity contribution in [2.75, 3.05) is 27.2 Å². The summed E-state index contributed by atoms with van der Waals surface area (Å²) < 4.78 is 0. The van der Waals surface area contributed by atoms with Gasteiger partial charge in [0.15, 0.2) is 0 Å². The van der Waals surface area contributed by atoms with E-state index in [9.17, 15) is 4.79 Å². The molecule has 0 aromatic heterocycles. The second kappa shape index (κ2) is 6.28. The third-order valence-electron chi connectivity index (χ3n) is 2.61. The largest absolute Gasteiger partial charge is 0.344 e. The fourth-order valence-corrected chi connectivity index (χ4v) is 1.46. The van der Waals surface area contributed by atoms with Gasteiger partial charge in [0.1, 0.15) is 0 Å². The lowest BCUT2D eigenvalue weighted by molar-refractivity contribution is -0.128. The minimum Gasteiger partial charge on any atom is -0.344 e. The number of hydrogen-bond acceptors (Lipinski definition) is 2. The van der Waals surface area contributed by atoms with Crippen molar-refractivity contribution in [3.63, 3.8) is 0 Å². The minimum absolute atomic E-state index is 0.134. The van der Waals surface area contributed by atoms with Crippen LogP contribution in [0.15, 0.2) is 24.3 Å². The van der Waals surface area contributed by atoms with Gasteiger partial charge in [0.05, 0.1) is 6.54 Å². The van der Waals surface area contributed by atoms with Crippen LogP contribution in [-0.2, 0) is 11.2 Å². The summed E-state index contributed by atoms with van der Waals surface area (Å²) in [5.41, 5.74) is 2.54. The average Bonchev–Trinajstić information content (AvgIpc) is 2.28. The Balaban J connectivity index is 2.39. The number of carbonyl (C=O) groups excluding carboxylic acids is 1. The van der Waals surface area contributed by atoms with E-state index in [1.54, 1.807) is 11.9 Å². The lowest BCUT2D eigenvalue weighted by Crippen LogP contribution is -2.35. The first kappa shape index (κ1) is 12.7. The van der Waals surface area contributed by atoms with Crippen LogP contribution in [0.1, 0.15) is 11.1 Å². The topological polar surface area (TPSA) is 32.3 Å². The Morgan fingerprint density at radius 2 is 1.94 bits per heavy atom. The van der Waals surface area contributed by atoms with Crippen molar-refractivity contribution < 1.29 is 4.79 Å². The number of benzene rings is 1. The number of aryl methyl sites for hydroxylation is 1. The third-order valence-corrected chi connectivity index (χ3v) is 2.61. The molecule has 3 heteroatoms. The van der Waals surface area contributed by atoms with Crippen LogP contribution >= 0.6 is 0 Å². The Hall–Kier alpha value is -1.35. The van der Waals surface area contributed by atoms with E-state index in [0.717, 1.165) is 13.0 Å². The first-order valence-electron chi connectivity index (χ1n) is 5.57. The van der Waals surface area contributed by atoms with E-state index in [0.29, 0.717) is 6.54 Å². The number of nitrogens with zero attached hydrogens (tertiary/aromatic N) is 1. The van der Waals surface area contributed by atoms with Gasteiger partial charge in [-0.25, -0.2) is 0 Å². The number of likely N-dealkylation sites (N-methyl/N-ethyl adjacent to an activating group) is 2. The Kier molecular flexibility index (Phi) is 4.99. The minimum atomic E-state index is 0.134. The second-order valence-electron chi connectivity index (χ2n) is 4.08. The highest BCUT2D eigenvalue weighted by atomic mass is 16.2. The van der Waals surface area contributed by atoms with Crippen LogP contribution in [0, 0.1) is 6.92 Å². The predicted molar refractivity (Wildman–Crippen MR) is 66.4 cm³/mol. The van der Waals surface area contributed by atoms with Crippen molar-refractivity contribution in [3.05, 3.63) is 35.4 Å². The molecule has 0 aliphatic carbocycles. The van der Waals surface area contributed by atoms with Crippen LogP contribution in [0.3, 0.4) is 0 Å². The van der Waals surface area contributed by atoms with E-state index >= 15 is 0 Å². The molecule has 1 N–H and O–H groups in total. The lowest BCUT2D eigenvalue weighted by Gasteiger charge is -2.16. The van der Waals surface area contributed by atoms with Gasteiger partial charge >= 0.3 is 0 Å². The van der Waals surface area contributed by atoms with Crippen molar-refractivity contribution >= 4 is 5.91 Å². The molecule has 0 aliphatic heterocycles. The lowest BCUT2D eigenvalue weighted by atomic mass is 10.1. The van der Waals surface area contributed by atoms with E-state index in [4.69, 9.17) is 0 Å². The van der Waals surface area contributed by atoms with Gasteiger partial charge in [-0.3, -0.25) is 4.79 Å². The maximum Gasteiger partial charge on any atom is 0.236 e. The van der Waals surface area contributed by atoms with Gasteiger partial charge in [0.2, 0.25) is 5.91 Å². The van der Waals surface area contributed by atoms with Crippen LogP contribution in [-0.4, -0.2) is 38.0 Å². The molecule has 3 nitrogen and oxygen atoms in total. The molecule has 1 amide bonds. The Bertz CT molecular complexity index is 332. The van der Waals surface area contributed by atoms with E-state index in [2.05, 4.69) is 36.5 Å². The summed E-state index contributed by atoms with van der Waals surface area (Å²) in [5, 5.41) is 2.86. The van der Waals surface area contributed by atoms with Gasteiger partial charge in [-0.2, -0.15) is 0 Å². The van der Waals surface area contributed by atoms with Crippen LogP contribution in [0.5, 0.6) is 0 Å². The van der Waals surface area contributed by atoms with Crippen molar-refractivity contribution in [2.45, 2.75) is 13.3 Å². The Morgan fingerprint density at radius 3 is 2.50 bits per heavy atom. The summed E-state index contributed by atoms with van der Waals surface area (Å²) in [6, 6.07) is 8.44. The molecule has 0 atom stereocenters. The van der Waals surface area contributed by atoms with E-state index in [1.165, 1.54) is 11.1 Å². The fourth-order valence-electron chi connectivity index (χ4n) is 1.46. The second-order valence-corrected chi connectivity index (χ2v) is 4.08. The number of hydrogen-bond donors (Lipinski definition) is 1. The molecule has 0 aliphatic rings. The summed E-state index contributed by atoms with van der Waals surface area (Å²) >= 11 is 0. The molecule has 1 aromatic rings. The number of amides is 1. The van der Waals surface area contributed by atoms with Gasteiger partial charge < -0.3 is 10.2 Å². The van der Waals surface area contributed by atoms with Crippen LogP contribution in [0.4, 0.5) is 0 Å². The summed E-state index contributed by atoms with van der Waals surface area (Å²) in [5.74, 6) is 0.134. The highest BCUT2D eigenvalue weighted by Gasteiger charge is 2.06. The molecule has 0 saturated heterocycles. The highest BCUT2D eigenvalue weighted by Crippen LogP contribution is 2.04. The van der Waals surface area contributed by atoms with Crippen molar-refractivity contribution in [3.8, 4) is 0 Å². The SMILES string of the molecule is CNCC(=O)N(C)CCc1ccc(C)cc1. The van der Waals surface area contributed by atoms with Crippen LogP contribution in [0.2, 0.25) is 0 Å². The van der Waals surface area contributed by atoms with Gasteiger partial charge in [-0.1, -0.05) is 29.8 Å². The summed E-state index contributed by atoms with van der Waals surface area (Å²) in [7, 11) is 3.62. The van der Waals surface area contributed by atoms with Gasteiger partial charge in [-0.05, 0) is 26.0 Å². The van der Waals surface area contributed by atoms with E-state index < -0.39 is 0 Å². The normalized spacial score (nSPS) is 10.2. The van der Waals surface area contributed by atoms with E-state index in [-0.39, 0.29) is 5.91 Å². The maximum atomic E-state index is 11.5. The summed E-state index contributed by atoms with van der Waals surface area (Å²) in [4.78, 5) is 13.2. The van der Waals surface area contributed by atoms with Crippen molar-refractivity contribution in [2.24, 2.45) is 0 Å². The molecule has 0 unspecified atom stereocenters. The molecular weight excluding hydrogens is 200 g/mol. The van der Waals surface area contributed by atoms with Crippen molar-refractivity contribution in [1.82, 2.24) is 10.2 Å². The monoisotopic (exact) mass is 220 g/mol. The third kappa shape index (κ3) is 4.03. The summed E-state index contributed by atoms with van der Waals surface area (Å²) in [6.07, 6.45) is 0.909. The quantitative estimate of drug-likeness (QED) is 0.809. The molecule has 88 valence electrons. The summed E-state index contributed by atoms with van der Waals surface area (Å²) in [6.45, 7) is 3.25. The van der Waals surface area contributed by atoms with Crippen LogP contribution in [0.25, 0.3) is 0 Å². The highest BCUT2D eigenvalue weighted by molar-refractivity contribution is 5.77. The molecule has 0 spiro atoms. The van der Waals surface area contributed by atoms with Gasteiger partial charge in [0, 0.05) is 13.6 Å². The molecule has 16 heavy (non-hydrogen) atoms. The Morgan fingerprint density at radius 1 is 1.31 bits per heavy atom. The van der Waals surface area contributed by atoms with Gasteiger partial charge in [-0.15, -0.1) is 0 Å². The molecule has 0 bridgehead atoms. The predicted octanol–water partition coefficient (Wildman–Crippen LogP) is 1.22. The maximum absolute atomic E-state index is 11.5. The molecule has 0 saturated carbocycles. The molecular formula is C13H20N2O. The van der Waals surface area contributed by atoms with Gasteiger partial charge in [0.25, 0.3) is 0 Å². The van der Waals surface area contributed by atoms with Crippen molar-refractivity contribution in [1.29, 1.82) is 0 Å².